The van der Waals surface area contributed by atoms with Crippen molar-refractivity contribution in [1.82, 2.24) is 9.97 Å². The van der Waals surface area contributed by atoms with E-state index >= 15 is 0 Å². The average molecular weight is 342 g/mol. The van der Waals surface area contributed by atoms with Crippen LogP contribution in [0, 0.1) is 6.92 Å². The topological polar surface area (TPSA) is 68.3 Å². The van der Waals surface area contributed by atoms with Crippen LogP contribution in [0.4, 0.5) is 11.8 Å². The molecule has 1 aliphatic heterocycles. The smallest absolute Gasteiger partial charge is 0.224 e. The third-order valence-corrected chi connectivity index (χ3v) is 4.22. The molecule has 1 aromatic heterocycles. The largest absolute Gasteiger partial charge is 0.497 e. The van der Waals surface area contributed by atoms with Crippen molar-refractivity contribution in [2.45, 2.75) is 32.3 Å². The van der Waals surface area contributed by atoms with Crippen LogP contribution in [0.2, 0.25) is 0 Å². The lowest BCUT2D eigenvalue weighted by molar-refractivity contribution is 0.120. The minimum atomic E-state index is 0.272. The number of hydrogen-bond acceptors (Lipinski definition) is 6. The molecular formula is C19H26N4O2. The van der Waals surface area contributed by atoms with Crippen molar-refractivity contribution in [3.63, 3.8) is 0 Å². The van der Waals surface area contributed by atoms with E-state index in [2.05, 4.69) is 32.7 Å². The number of rotatable bonds is 8. The van der Waals surface area contributed by atoms with Gasteiger partial charge in [0.15, 0.2) is 0 Å². The van der Waals surface area contributed by atoms with E-state index in [0.717, 1.165) is 56.2 Å². The summed E-state index contributed by atoms with van der Waals surface area (Å²) in [5, 5.41) is 6.66. The molecule has 2 heterocycles. The number of anilines is 2. The van der Waals surface area contributed by atoms with Gasteiger partial charge in [0.2, 0.25) is 5.95 Å². The molecule has 2 aromatic rings. The monoisotopic (exact) mass is 342 g/mol. The maximum atomic E-state index is 5.62. The van der Waals surface area contributed by atoms with E-state index in [1.54, 1.807) is 7.11 Å². The van der Waals surface area contributed by atoms with Gasteiger partial charge < -0.3 is 20.1 Å². The van der Waals surface area contributed by atoms with Gasteiger partial charge in [-0.25, -0.2) is 4.98 Å². The van der Waals surface area contributed by atoms with E-state index in [4.69, 9.17) is 9.47 Å². The van der Waals surface area contributed by atoms with Crippen LogP contribution in [-0.4, -0.2) is 42.9 Å². The molecule has 6 heteroatoms. The fourth-order valence-corrected chi connectivity index (χ4v) is 2.91. The van der Waals surface area contributed by atoms with Crippen molar-refractivity contribution in [2.75, 3.05) is 37.4 Å². The van der Waals surface area contributed by atoms with Crippen molar-refractivity contribution in [1.29, 1.82) is 0 Å². The fourth-order valence-electron chi connectivity index (χ4n) is 2.91. The number of nitrogens with zero attached hydrogens (tertiary/aromatic N) is 2. The molecule has 2 N–H and O–H groups in total. The highest BCUT2D eigenvalue weighted by molar-refractivity contribution is 5.42. The van der Waals surface area contributed by atoms with Gasteiger partial charge in [0.25, 0.3) is 0 Å². The maximum Gasteiger partial charge on any atom is 0.224 e. The second-order valence-corrected chi connectivity index (χ2v) is 6.26. The summed E-state index contributed by atoms with van der Waals surface area (Å²) < 4.78 is 10.9. The summed E-state index contributed by atoms with van der Waals surface area (Å²) in [5.41, 5.74) is 2.17. The van der Waals surface area contributed by atoms with Crippen molar-refractivity contribution in [3.8, 4) is 5.75 Å². The molecule has 1 fully saturated rings. The predicted octanol–water partition coefficient (Wildman–Crippen LogP) is 3.04. The number of methoxy groups -OCH3 is 1. The first kappa shape index (κ1) is 17.5. The lowest BCUT2D eigenvalue weighted by Crippen LogP contribution is -2.20. The zero-order valence-corrected chi connectivity index (χ0v) is 14.9. The van der Waals surface area contributed by atoms with Crippen LogP contribution in [0.1, 0.15) is 24.1 Å². The van der Waals surface area contributed by atoms with Crippen molar-refractivity contribution in [2.24, 2.45) is 0 Å². The highest BCUT2D eigenvalue weighted by Crippen LogP contribution is 2.15. The first-order valence-electron chi connectivity index (χ1n) is 8.81. The molecule has 1 aromatic carbocycles. The van der Waals surface area contributed by atoms with Gasteiger partial charge in [-0.05, 0) is 43.9 Å². The third-order valence-electron chi connectivity index (χ3n) is 4.22. The van der Waals surface area contributed by atoms with Crippen LogP contribution in [0.5, 0.6) is 5.75 Å². The van der Waals surface area contributed by atoms with Crippen LogP contribution in [-0.2, 0) is 11.2 Å². The minimum Gasteiger partial charge on any atom is -0.497 e. The van der Waals surface area contributed by atoms with Crippen LogP contribution in [0.15, 0.2) is 30.3 Å². The van der Waals surface area contributed by atoms with Gasteiger partial charge in [-0.2, -0.15) is 4.98 Å². The maximum absolute atomic E-state index is 5.62. The standard InChI is InChI=1S/C19H26N4O2/c1-14-11-18(20-9-8-15-5-3-6-16(12-15)24-2)23-19(22-14)21-13-17-7-4-10-25-17/h3,5-6,11-12,17H,4,7-10,13H2,1-2H3,(H2,20,21,22,23). The van der Waals surface area contributed by atoms with Crippen molar-refractivity contribution < 1.29 is 9.47 Å². The SMILES string of the molecule is COc1cccc(CCNc2cc(C)nc(NCC3CCCO3)n2)c1. The minimum absolute atomic E-state index is 0.272. The highest BCUT2D eigenvalue weighted by atomic mass is 16.5. The number of nitrogens with one attached hydrogen (secondary N) is 2. The quantitative estimate of drug-likeness (QED) is 0.768. The van der Waals surface area contributed by atoms with Crippen LogP contribution in [0.25, 0.3) is 0 Å². The summed E-state index contributed by atoms with van der Waals surface area (Å²) in [5.74, 6) is 2.38. The molecule has 0 bridgehead atoms. The van der Waals surface area contributed by atoms with Gasteiger partial charge in [-0.3, -0.25) is 0 Å². The van der Waals surface area contributed by atoms with Gasteiger partial charge in [-0.15, -0.1) is 0 Å². The Bertz CT molecular complexity index is 687. The van der Waals surface area contributed by atoms with Gasteiger partial charge in [0.1, 0.15) is 11.6 Å². The third kappa shape index (κ3) is 5.32. The van der Waals surface area contributed by atoms with E-state index in [1.807, 2.05) is 25.1 Å². The Morgan fingerprint density at radius 1 is 1.24 bits per heavy atom. The summed E-state index contributed by atoms with van der Waals surface area (Å²) >= 11 is 0. The molecule has 0 spiro atoms. The summed E-state index contributed by atoms with van der Waals surface area (Å²) in [7, 11) is 1.69. The molecule has 1 unspecified atom stereocenters. The first-order valence-corrected chi connectivity index (χ1v) is 8.81. The molecule has 3 rings (SSSR count). The first-order chi connectivity index (χ1) is 12.2. The lowest BCUT2D eigenvalue weighted by Gasteiger charge is -2.13. The molecule has 1 saturated heterocycles. The Hall–Kier alpha value is -2.34. The average Bonchev–Trinajstić information content (AvgIpc) is 3.13. The Kier molecular flexibility index (Phi) is 6.06. The second-order valence-electron chi connectivity index (χ2n) is 6.26. The molecule has 1 aliphatic rings. The molecule has 0 saturated carbocycles. The molecule has 134 valence electrons. The Morgan fingerprint density at radius 2 is 2.16 bits per heavy atom. The van der Waals surface area contributed by atoms with Gasteiger partial charge in [0, 0.05) is 31.5 Å². The van der Waals surface area contributed by atoms with Gasteiger partial charge in [0.05, 0.1) is 13.2 Å². The van der Waals surface area contributed by atoms with Crippen LogP contribution >= 0.6 is 0 Å². The number of aryl methyl sites for hydroxylation is 1. The van der Waals surface area contributed by atoms with Crippen molar-refractivity contribution >= 4 is 11.8 Å². The number of ether oxygens (including phenoxy) is 2. The predicted molar refractivity (Wildman–Crippen MR) is 99.4 cm³/mol. The molecule has 25 heavy (non-hydrogen) atoms. The van der Waals surface area contributed by atoms with Crippen molar-refractivity contribution in [3.05, 3.63) is 41.6 Å². The molecule has 0 amide bonds. The zero-order chi connectivity index (χ0) is 17.5. The number of hydrogen-bond donors (Lipinski definition) is 2. The van der Waals surface area contributed by atoms with Crippen LogP contribution in [0.3, 0.4) is 0 Å². The number of aromatic nitrogens is 2. The van der Waals surface area contributed by atoms with E-state index in [1.165, 1.54) is 5.56 Å². The van der Waals surface area contributed by atoms with Gasteiger partial charge in [-0.1, -0.05) is 12.1 Å². The zero-order valence-electron chi connectivity index (χ0n) is 14.9. The summed E-state index contributed by atoms with van der Waals surface area (Å²) in [6.45, 7) is 4.39. The lowest BCUT2D eigenvalue weighted by atomic mass is 10.1. The van der Waals surface area contributed by atoms with E-state index in [-0.39, 0.29) is 6.10 Å². The number of benzene rings is 1. The van der Waals surface area contributed by atoms with Crippen LogP contribution < -0.4 is 15.4 Å². The molecule has 1 atom stereocenters. The molecule has 0 radical (unpaired) electrons. The fraction of sp³-hybridized carbons (Fsp3) is 0.474. The second kappa shape index (κ2) is 8.67. The highest BCUT2D eigenvalue weighted by Gasteiger charge is 2.15. The Balaban J connectivity index is 1.52. The Labute approximate surface area is 149 Å². The van der Waals surface area contributed by atoms with E-state index in [9.17, 15) is 0 Å². The summed E-state index contributed by atoms with van der Waals surface area (Å²) in [6.07, 6.45) is 3.41. The molecule has 0 aliphatic carbocycles. The van der Waals surface area contributed by atoms with E-state index in [0.29, 0.717) is 5.95 Å². The molecular weight excluding hydrogens is 316 g/mol. The van der Waals surface area contributed by atoms with E-state index < -0.39 is 0 Å². The normalized spacial score (nSPS) is 16.6. The molecule has 6 nitrogen and oxygen atoms in total. The Morgan fingerprint density at radius 3 is 2.96 bits per heavy atom. The summed E-state index contributed by atoms with van der Waals surface area (Å²) in [4.78, 5) is 9.00. The van der Waals surface area contributed by atoms with Gasteiger partial charge >= 0.3 is 0 Å². The summed E-state index contributed by atoms with van der Waals surface area (Å²) in [6, 6.07) is 10.1.